The lowest BCUT2D eigenvalue weighted by Crippen LogP contribution is -2.50. The zero-order chi connectivity index (χ0) is 15.2. The minimum absolute atomic E-state index is 0.130. The lowest BCUT2D eigenvalue weighted by molar-refractivity contribution is -0.0737. The van der Waals surface area contributed by atoms with Crippen LogP contribution < -0.4 is 5.32 Å². The molecule has 1 amide bonds. The molecule has 21 heavy (non-hydrogen) atoms. The van der Waals surface area contributed by atoms with E-state index in [0.29, 0.717) is 19.1 Å². The second kappa shape index (κ2) is 7.44. The van der Waals surface area contributed by atoms with Crippen molar-refractivity contribution in [1.29, 1.82) is 0 Å². The van der Waals surface area contributed by atoms with Crippen LogP contribution in [0.3, 0.4) is 0 Å². The van der Waals surface area contributed by atoms with Crippen molar-refractivity contribution in [3.8, 4) is 0 Å². The Morgan fingerprint density at radius 1 is 1.48 bits per heavy atom. The van der Waals surface area contributed by atoms with Crippen molar-refractivity contribution >= 4 is 5.91 Å². The maximum absolute atomic E-state index is 13.6. The zero-order valence-corrected chi connectivity index (χ0v) is 11.4. The fourth-order valence-electron chi connectivity index (χ4n) is 2.17. The van der Waals surface area contributed by atoms with E-state index in [1.807, 2.05) is 0 Å². The lowest BCUT2D eigenvalue weighted by atomic mass is 10.0. The molecule has 0 unspecified atom stereocenters. The SMILES string of the molecule is O=C(N[C@@H]1CCOC[C@H]1OCCO)c1ccc(F)cc1F. The second-order valence-electron chi connectivity index (χ2n) is 4.70. The van der Waals surface area contributed by atoms with Gasteiger partial charge in [0.2, 0.25) is 0 Å². The molecule has 5 nitrogen and oxygen atoms in total. The lowest BCUT2D eigenvalue weighted by Gasteiger charge is -2.32. The normalized spacial score (nSPS) is 22.0. The van der Waals surface area contributed by atoms with Crippen molar-refractivity contribution in [2.45, 2.75) is 18.6 Å². The molecule has 0 bridgehead atoms. The summed E-state index contributed by atoms with van der Waals surface area (Å²) >= 11 is 0. The van der Waals surface area contributed by atoms with Gasteiger partial charge < -0.3 is 19.9 Å². The van der Waals surface area contributed by atoms with Crippen molar-refractivity contribution in [1.82, 2.24) is 5.32 Å². The van der Waals surface area contributed by atoms with Crippen LogP contribution in [0.5, 0.6) is 0 Å². The Kier molecular flexibility index (Phi) is 5.60. The number of aliphatic hydroxyl groups excluding tert-OH is 1. The molecule has 1 fully saturated rings. The Balaban J connectivity index is 2.02. The molecule has 0 aliphatic carbocycles. The molecule has 2 atom stereocenters. The van der Waals surface area contributed by atoms with Crippen LogP contribution in [0.2, 0.25) is 0 Å². The van der Waals surface area contributed by atoms with Crippen LogP contribution in [-0.2, 0) is 9.47 Å². The predicted octanol–water partition coefficient (Wildman–Crippen LogP) is 0.861. The molecule has 1 aromatic rings. The molecular weight excluding hydrogens is 284 g/mol. The fraction of sp³-hybridized carbons (Fsp3) is 0.500. The highest BCUT2D eigenvalue weighted by Crippen LogP contribution is 2.14. The smallest absolute Gasteiger partial charge is 0.254 e. The zero-order valence-electron chi connectivity index (χ0n) is 11.4. The van der Waals surface area contributed by atoms with Gasteiger partial charge in [0.15, 0.2) is 0 Å². The summed E-state index contributed by atoms with van der Waals surface area (Å²) in [6.45, 7) is 0.738. The number of carbonyl (C=O) groups is 1. The van der Waals surface area contributed by atoms with Gasteiger partial charge in [-0.25, -0.2) is 8.78 Å². The van der Waals surface area contributed by atoms with Crippen LogP contribution >= 0.6 is 0 Å². The summed E-state index contributed by atoms with van der Waals surface area (Å²) in [5, 5.41) is 11.4. The van der Waals surface area contributed by atoms with Crippen molar-refractivity contribution in [2.24, 2.45) is 0 Å². The Hall–Kier alpha value is -1.57. The summed E-state index contributed by atoms with van der Waals surface area (Å²) in [4.78, 5) is 12.0. The molecule has 116 valence electrons. The molecular formula is C14H17F2NO4. The number of ether oxygens (including phenoxy) is 2. The van der Waals surface area contributed by atoms with Crippen LogP contribution in [0.25, 0.3) is 0 Å². The minimum atomic E-state index is -0.910. The average molecular weight is 301 g/mol. The van der Waals surface area contributed by atoms with Gasteiger partial charge in [0.1, 0.15) is 17.7 Å². The Morgan fingerprint density at radius 3 is 3.00 bits per heavy atom. The van der Waals surface area contributed by atoms with E-state index in [1.165, 1.54) is 0 Å². The summed E-state index contributed by atoms with van der Waals surface area (Å²) in [7, 11) is 0. The minimum Gasteiger partial charge on any atom is -0.394 e. The van der Waals surface area contributed by atoms with Crippen molar-refractivity contribution in [3.05, 3.63) is 35.4 Å². The number of benzene rings is 1. The number of carbonyl (C=O) groups excluding carboxylic acids is 1. The molecule has 0 saturated carbocycles. The highest BCUT2D eigenvalue weighted by molar-refractivity contribution is 5.94. The third kappa shape index (κ3) is 4.20. The van der Waals surface area contributed by atoms with E-state index in [4.69, 9.17) is 14.6 Å². The first-order chi connectivity index (χ1) is 10.1. The van der Waals surface area contributed by atoms with Gasteiger partial charge in [0, 0.05) is 12.7 Å². The summed E-state index contributed by atoms with van der Waals surface area (Å²) in [5.74, 6) is -2.27. The highest BCUT2D eigenvalue weighted by Gasteiger charge is 2.28. The van der Waals surface area contributed by atoms with E-state index in [9.17, 15) is 13.6 Å². The first kappa shape index (κ1) is 15.8. The van der Waals surface area contributed by atoms with E-state index >= 15 is 0 Å². The number of nitrogens with one attached hydrogen (secondary N) is 1. The number of rotatable bonds is 5. The molecule has 2 rings (SSSR count). The molecule has 2 N–H and O–H groups in total. The molecule has 1 aromatic carbocycles. The molecule has 1 saturated heterocycles. The summed E-state index contributed by atoms with van der Waals surface area (Å²) in [6, 6.07) is 2.45. The van der Waals surface area contributed by atoms with Gasteiger partial charge in [-0.05, 0) is 18.6 Å². The molecule has 0 radical (unpaired) electrons. The third-order valence-electron chi connectivity index (χ3n) is 3.22. The fourth-order valence-corrected chi connectivity index (χ4v) is 2.17. The first-order valence-corrected chi connectivity index (χ1v) is 6.68. The maximum atomic E-state index is 13.6. The summed E-state index contributed by atoms with van der Waals surface area (Å²) < 4.78 is 37.0. The summed E-state index contributed by atoms with van der Waals surface area (Å²) in [6.07, 6.45) is 0.114. The third-order valence-corrected chi connectivity index (χ3v) is 3.22. The van der Waals surface area contributed by atoms with Crippen LogP contribution in [0, 0.1) is 11.6 Å². The molecule has 1 aliphatic heterocycles. The van der Waals surface area contributed by atoms with E-state index in [0.717, 1.165) is 12.1 Å². The molecule has 1 heterocycles. The maximum Gasteiger partial charge on any atom is 0.254 e. The van der Waals surface area contributed by atoms with Crippen molar-refractivity contribution in [3.63, 3.8) is 0 Å². The van der Waals surface area contributed by atoms with Crippen LogP contribution in [0.4, 0.5) is 8.78 Å². The Labute approximate surface area is 120 Å². The van der Waals surface area contributed by atoms with E-state index < -0.39 is 23.6 Å². The van der Waals surface area contributed by atoms with Gasteiger partial charge in [0.25, 0.3) is 5.91 Å². The molecule has 0 aromatic heterocycles. The van der Waals surface area contributed by atoms with Gasteiger partial charge >= 0.3 is 0 Å². The van der Waals surface area contributed by atoms with Crippen LogP contribution in [0.15, 0.2) is 18.2 Å². The topological polar surface area (TPSA) is 67.8 Å². The predicted molar refractivity (Wildman–Crippen MR) is 69.9 cm³/mol. The summed E-state index contributed by atoms with van der Waals surface area (Å²) in [5.41, 5.74) is -0.219. The van der Waals surface area contributed by atoms with E-state index in [-0.39, 0.29) is 31.4 Å². The van der Waals surface area contributed by atoms with Crippen LogP contribution in [0.1, 0.15) is 16.8 Å². The number of hydrogen-bond acceptors (Lipinski definition) is 4. The first-order valence-electron chi connectivity index (χ1n) is 6.68. The number of hydrogen-bond donors (Lipinski definition) is 2. The molecule has 7 heteroatoms. The van der Waals surface area contributed by atoms with Crippen molar-refractivity contribution < 1.29 is 28.2 Å². The monoisotopic (exact) mass is 301 g/mol. The van der Waals surface area contributed by atoms with Gasteiger partial charge in [-0.2, -0.15) is 0 Å². The number of amides is 1. The van der Waals surface area contributed by atoms with Crippen molar-refractivity contribution in [2.75, 3.05) is 26.4 Å². The quantitative estimate of drug-likeness (QED) is 0.846. The van der Waals surface area contributed by atoms with Gasteiger partial charge in [-0.1, -0.05) is 0 Å². The van der Waals surface area contributed by atoms with Gasteiger partial charge in [-0.15, -0.1) is 0 Å². The second-order valence-corrected chi connectivity index (χ2v) is 4.70. The number of aliphatic hydroxyl groups is 1. The Bertz CT molecular complexity index is 498. The van der Waals surface area contributed by atoms with E-state index in [1.54, 1.807) is 0 Å². The highest BCUT2D eigenvalue weighted by atomic mass is 19.1. The molecule has 0 spiro atoms. The van der Waals surface area contributed by atoms with E-state index in [2.05, 4.69) is 5.32 Å². The molecule has 1 aliphatic rings. The largest absolute Gasteiger partial charge is 0.394 e. The standard InChI is InChI=1S/C14H17F2NO4/c15-9-1-2-10(11(16)7-9)14(19)17-12-3-5-20-8-13(12)21-6-4-18/h1-2,7,12-13,18H,3-6,8H2,(H,17,19)/t12-,13-/m1/s1. The number of halogens is 2. The van der Waals surface area contributed by atoms with Gasteiger partial charge in [0.05, 0.1) is 31.4 Å². The van der Waals surface area contributed by atoms with Crippen LogP contribution in [-0.4, -0.2) is 49.6 Å². The van der Waals surface area contributed by atoms with Gasteiger partial charge in [-0.3, -0.25) is 4.79 Å². The average Bonchev–Trinajstić information content (AvgIpc) is 2.46. The Morgan fingerprint density at radius 2 is 2.29 bits per heavy atom.